The van der Waals surface area contributed by atoms with Crippen LogP contribution in [0.4, 0.5) is 4.79 Å². The first kappa shape index (κ1) is 16.6. The van der Waals surface area contributed by atoms with E-state index in [1.165, 1.54) is 0 Å². The first-order valence-corrected chi connectivity index (χ1v) is 8.17. The van der Waals surface area contributed by atoms with Crippen LogP contribution in [-0.2, 0) is 4.74 Å². The summed E-state index contributed by atoms with van der Waals surface area (Å²) < 4.78 is 5.38. The number of carbonyl (C=O) groups is 1. The Morgan fingerprint density at radius 3 is 2.38 bits per heavy atom. The normalized spacial score (nSPS) is 22.5. The first-order valence-electron chi connectivity index (χ1n) is 8.17. The van der Waals surface area contributed by atoms with Gasteiger partial charge in [0.05, 0.1) is 5.60 Å². The Kier molecular flexibility index (Phi) is 4.83. The summed E-state index contributed by atoms with van der Waals surface area (Å²) in [6.45, 7) is 10.8. The zero-order valence-corrected chi connectivity index (χ0v) is 13.9. The number of aliphatic hydroxyl groups is 1. The Balaban J connectivity index is 1.80. The van der Waals surface area contributed by atoms with E-state index in [9.17, 15) is 9.90 Å². The molecule has 0 bridgehead atoms. The molecule has 5 nitrogen and oxygen atoms in total. The minimum Gasteiger partial charge on any atom is -0.444 e. The second kappa shape index (κ2) is 6.13. The van der Waals surface area contributed by atoms with Crippen molar-refractivity contribution in [2.75, 3.05) is 26.2 Å². The van der Waals surface area contributed by atoms with E-state index in [-0.39, 0.29) is 6.09 Å². The molecule has 1 heterocycles. The van der Waals surface area contributed by atoms with Crippen LogP contribution in [-0.4, -0.2) is 64.4 Å². The molecule has 2 fully saturated rings. The van der Waals surface area contributed by atoms with Gasteiger partial charge in [-0.05, 0) is 40.2 Å². The highest BCUT2D eigenvalue weighted by Crippen LogP contribution is 2.31. The van der Waals surface area contributed by atoms with Crippen molar-refractivity contribution in [3.8, 4) is 0 Å². The molecule has 1 saturated heterocycles. The molecule has 0 atom stereocenters. The van der Waals surface area contributed by atoms with Gasteiger partial charge in [0.2, 0.25) is 0 Å². The maximum atomic E-state index is 11.9. The topological polar surface area (TPSA) is 53.0 Å². The fourth-order valence-corrected chi connectivity index (χ4v) is 3.23. The van der Waals surface area contributed by atoms with Crippen LogP contribution in [0.15, 0.2) is 0 Å². The molecule has 2 rings (SSSR count). The molecule has 0 aromatic rings. The van der Waals surface area contributed by atoms with Gasteiger partial charge in [0.1, 0.15) is 5.60 Å². The Morgan fingerprint density at radius 2 is 1.90 bits per heavy atom. The third-order valence-corrected chi connectivity index (χ3v) is 4.47. The largest absolute Gasteiger partial charge is 0.444 e. The lowest BCUT2D eigenvalue weighted by Crippen LogP contribution is -2.63. The van der Waals surface area contributed by atoms with E-state index < -0.39 is 11.2 Å². The third kappa shape index (κ3) is 4.33. The van der Waals surface area contributed by atoms with E-state index in [4.69, 9.17) is 4.74 Å². The lowest BCUT2D eigenvalue weighted by molar-refractivity contribution is -0.0441. The standard InChI is InChI=1S/C16H30N2O3/c1-5-17(12-16(20)8-6-7-9-16)13-10-18(11-13)14(19)21-15(2,3)4/h13,20H,5-12H2,1-4H3. The molecule has 0 aromatic carbocycles. The molecule has 0 aromatic heterocycles. The van der Waals surface area contributed by atoms with Crippen LogP contribution < -0.4 is 0 Å². The SMILES string of the molecule is CCN(CC1(O)CCCC1)C1CN(C(=O)OC(C)(C)C)C1. The highest BCUT2D eigenvalue weighted by Gasteiger charge is 2.40. The van der Waals surface area contributed by atoms with Gasteiger partial charge in [-0.25, -0.2) is 4.79 Å². The van der Waals surface area contributed by atoms with Crippen molar-refractivity contribution in [2.45, 2.75) is 70.6 Å². The summed E-state index contributed by atoms with van der Waals surface area (Å²) in [5.74, 6) is 0. The fourth-order valence-electron chi connectivity index (χ4n) is 3.23. The molecule has 0 spiro atoms. The minimum absolute atomic E-state index is 0.227. The summed E-state index contributed by atoms with van der Waals surface area (Å²) in [6, 6.07) is 0.354. The summed E-state index contributed by atoms with van der Waals surface area (Å²) in [4.78, 5) is 16.0. The van der Waals surface area contributed by atoms with Crippen LogP contribution in [0.3, 0.4) is 0 Å². The van der Waals surface area contributed by atoms with Gasteiger partial charge in [-0.3, -0.25) is 4.90 Å². The number of likely N-dealkylation sites (tertiary alicyclic amines) is 1. The van der Waals surface area contributed by atoms with Crippen molar-refractivity contribution in [3.05, 3.63) is 0 Å². The Labute approximate surface area is 128 Å². The quantitative estimate of drug-likeness (QED) is 0.865. The number of ether oxygens (including phenoxy) is 1. The van der Waals surface area contributed by atoms with Crippen molar-refractivity contribution in [1.29, 1.82) is 0 Å². The Bertz CT molecular complexity index is 366. The van der Waals surface area contributed by atoms with Crippen LogP contribution >= 0.6 is 0 Å². The molecular weight excluding hydrogens is 268 g/mol. The molecule has 1 aliphatic heterocycles. The molecule has 21 heavy (non-hydrogen) atoms. The predicted octanol–water partition coefficient (Wildman–Crippen LogP) is 2.23. The van der Waals surface area contributed by atoms with Crippen LogP contribution in [0, 0.1) is 0 Å². The van der Waals surface area contributed by atoms with Crippen LogP contribution in [0.25, 0.3) is 0 Å². The van der Waals surface area contributed by atoms with Gasteiger partial charge in [0.15, 0.2) is 0 Å². The Morgan fingerprint density at radius 1 is 1.33 bits per heavy atom. The second-order valence-corrected chi connectivity index (χ2v) is 7.53. The van der Waals surface area contributed by atoms with E-state index in [1.54, 1.807) is 4.90 Å². The van der Waals surface area contributed by atoms with Gasteiger partial charge in [0, 0.05) is 25.7 Å². The Hall–Kier alpha value is -0.810. The molecule has 0 radical (unpaired) electrons. The molecule has 1 amide bonds. The molecule has 1 saturated carbocycles. The van der Waals surface area contributed by atoms with Crippen molar-refractivity contribution < 1.29 is 14.6 Å². The van der Waals surface area contributed by atoms with E-state index in [0.717, 1.165) is 38.8 Å². The van der Waals surface area contributed by atoms with E-state index in [2.05, 4.69) is 11.8 Å². The average molecular weight is 298 g/mol. The van der Waals surface area contributed by atoms with Gasteiger partial charge in [-0.1, -0.05) is 19.8 Å². The fraction of sp³-hybridized carbons (Fsp3) is 0.938. The highest BCUT2D eigenvalue weighted by molar-refractivity contribution is 5.69. The number of amides is 1. The molecule has 1 aliphatic carbocycles. The lowest BCUT2D eigenvalue weighted by atomic mass is 9.99. The number of carbonyl (C=O) groups excluding carboxylic acids is 1. The van der Waals surface area contributed by atoms with Gasteiger partial charge < -0.3 is 14.7 Å². The predicted molar refractivity (Wildman–Crippen MR) is 82.3 cm³/mol. The third-order valence-electron chi connectivity index (χ3n) is 4.47. The van der Waals surface area contributed by atoms with Gasteiger partial charge in [-0.2, -0.15) is 0 Å². The molecule has 2 aliphatic rings. The smallest absolute Gasteiger partial charge is 0.410 e. The van der Waals surface area contributed by atoms with Crippen molar-refractivity contribution in [2.24, 2.45) is 0 Å². The van der Waals surface area contributed by atoms with Crippen molar-refractivity contribution in [3.63, 3.8) is 0 Å². The lowest BCUT2D eigenvalue weighted by Gasteiger charge is -2.46. The summed E-state index contributed by atoms with van der Waals surface area (Å²) in [5, 5.41) is 10.5. The second-order valence-electron chi connectivity index (χ2n) is 7.53. The summed E-state index contributed by atoms with van der Waals surface area (Å²) in [5.41, 5.74) is -0.950. The van der Waals surface area contributed by atoms with Crippen LogP contribution in [0.2, 0.25) is 0 Å². The summed E-state index contributed by atoms with van der Waals surface area (Å²) in [7, 11) is 0. The molecule has 122 valence electrons. The van der Waals surface area contributed by atoms with Crippen molar-refractivity contribution >= 4 is 6.09 Å². The number of nitrogens with zero attached hydrogens (tertiary/aromatic N) is 2. The van der Waals surface area contributed by atoms with Crippen LogP contribution in [0.1, 0.15) is 53.4 Å². The molecule has 5 heteroatoms. The minimum atomic E-state index is -0.512. The van der Waals surface area contributed by atoms with E-state index in [0.29, 0.717) is 19.1 Å². The first-order chi connectivity index (χ1) is 9.72. The molecule has 0 unspecified atom stereocenters. The maximum Gasteiger partial charge on any atom is 0.410 e. The zero-order valence-electron chi connectivity index (χ0n) is 13.9. The van der Waals surface area contributed by atoms with Crippen molar-refractivity contribution in [1.82, 2.24) is 9.80 Å². The van der Waals surface area contributed by atoms with Crippen LogP contribution in [0.5, 0.6) is 0 Å². The summed E-state index contributed by atoms with van der Waals surface area (Å²) in [6.07, 6.45) is 3.85. The van der Waals surface area contributed by atoms with Gasteiger partial charge in [-0.15, -0.1) is 0 Å². The average Bonchev–Trinajstić information content (AvgIpc) is 2.70. The van der Waals surface area contributed by atoms with Gasteiger partial charge in [0.25, 0.3) is 0 Å². The van der Waals surface area contributed by atoms with E-state index in [1.807, 2.05) is 20.8 Å². The number of hydrogen-bond donors (Lipinski definition) is 1. The molecule has 1 N–H and O–H groups in total. The number of likely N-dealkylation sites (N-methyl/N-ethyl adjacent to an activating group) is 1. The maximum absolute atomic E-state index is 11.9. The van der Waals surface area contributed by atoms with Gasteiger partial charge >= 0.3 is 6.09 Å². The number of rotatable bonds is 4. The van der Waals surface area contributed by atoms with E-state index >= 15 is 0 Å². The highest BCUT2D eigenvalue weighted by atomic mass is 16.6. The zero-order chi connectivity index (χ0) is 15.7. The monoisotopic (exact) mass is 298 g/mol. The number of hydrogen-bond acceptors (Lipinski definition) is 4. The summed E-state index contributed by atoms with van der Waals surface area (Å²) >= 11 is 0. The molecular formula is C16H30N2O3.